The van der Waals surface area contributed by atoms with Crippen LogP contribution in [0.5, 0.6) is 0 Å². The fourth-order valence-electron chi connectivity index (χ4n) is 2.39. The lowest BCUT2D eigenvalue weighted by molar-refractivity contribution is -0.127. The summed E-state index contributed by atoms with van der Waals surface area (Å²) >= 11 is 0. The summed E-state index contributed by atoms with van der Waals surface area (Å²) in [7, 11) is 0. The van der Waals surface area contributed by atoms with E-state index >= 15 is 0 Å². The minimum atomic E-state index is -0.892. The van der Waals surface area contributed by atoms with Gasteiger partial charge in [0.2, 0.25) is 5.91 Å². The van der Waals surface area contributed by atoms with Crippen molar-refractivity contribution in [2.45, 2.75) is 39.2 Å². The van der Waals surface area contributed by atoms with Gasteiger partial charge in [0.1, 0.15) is 17.7 Å². The van der Waals surface area contributed by atoms with E-state index in [0.717, 1.165) is 25.1 Å². The summed E-state index contributed by atoms with van der Waals surface area (Å²) in [6, 6.07) is 1.82. The van der Waals surface area contributed by atoms with Crippen LogP contribution in [0.1, 0.15) is 42.1 Å². The highest BCUT2D eigenvalue weighted by atomic mass is 19.1. The molecule has 120 valence electrons. The van der Waals surface area contributed by atoms with Crippen molar-refractivity contribution in [2.24, 2.45) is 0 Å². The first kappa shape index (κ1) is 16.4. The van der Waals surface area contributed by atoms with Gasteiger partial charge in [-0.1, -0.05) is 0 Å². The van der Waals surface area contributed by atoms with Gasteiger partial charge in [-0.15, -0.1) is 0 Å². The number of hydrogen-bond donors (Lipinski definition) is 0. The summed E-state index contributed by atoms with van der Waals surface area (Å²) in [5, 5.41) is 0. The Labute approximate surface area is 128 Å². The number of esters is 1. The predicted octanol–water partition coefficient (Wildman–Crippen LogP) is 2.83. The quantitative estimate of drug-likeness (QED) is 0.786. The average molecular weight is 311 g/mol. The standard InChI is InChI=1S/C16H19F2NO3/c1-10-8-14(18)12(9-13(10)17)16(21)22-11(2)5-7-19-6-3-4-15(19)20/h8-9,11H,3-7H2,1-2H3/t11-/m1/s1. The summed E-state index contributed by atoms with van der Waals surface area (Å²) in [4.78, 5) is 25.1. The summed E-state index contributed by atoms with van der Waals surface area (Å²) in [5.74, 6) is -2.24. The van der Waals surface area contributed by atoms with Crippen LogP contribution in [0.3, 0.4) is 0 Å². The lowest BCUT2D eigenvalue weighted by Gasteiger charge is -2.19. The first-order valence-corrected chi connectivity index (χ1v) is 7.33. The Balaban J connectivity index is 1.91. The lowest BCUT2D eigenvalue weighted by atomic mass is 10.1. The molecule has 0 saturated carbocycles. The summed E-state index contributed by atoms with van der Waals surface area (Å²) in [5.41, 5.74) is -0.276. The molecule has 1 aromatic carbocycles. The maximum absolute atomic E-state index is 13.7. The van der Waals surface area contributed by atoms with Crippen molar-refractivity contribution in [2.75, 3.05) is 13.1 Å². The van der Waals surface area contributed by atoms with Gasteiger partial charge < -0.3 is 9.64 Å². The second-order valence-electron chi connectivity index (χ2n) is 5.57. The van der Waals surface area contributed by atoms with Gasteiger partial charge in [-0.2, -0.15) is 0 Å². The fourth-order valence-corrected chi connectivity index (χ4v) is 2.39. The molecule has 0 radical (unpaired) electrons. The van der Waals surface area contributed by atoms with E-state index in [-0.39, 0.29) is 11.5 Å². The average Bonchev–Trinajstić information content (AvgIpc) is 2.86. The Morgan fingerprint density at radius 1 is 1.36 bits per heavy atom. The van der Waals surface area contributed by atoms with Crippen molar-refractivity contribution in [1.29, 1.82) is 0 Å². The van der Waals surface area contributed by atoms with Crippen molar-refractivity contribution in [3.05, 3.63) is 34.9 Å². The maximum Gasteiger partial charge on any atom is 0.341 e. The van der Waals surface area contributed by atoms with Gasteiger partial charge in [0.05, 0.1) is 5.56 Å². The number of rotatable bonds is 5. The highest BCUT2D eigenvalue weighted by molar-refractivity contribution is 5.90. The van der Waals surface area contributed by atoms with Crippen LogP contribution in [0.4, 0.5) is 8.78 Å². The first-order chi connectivity index (χ1) is 10.4. The molecule has 1 atom stereocenters. The third-order valence-electron chi connectivity index (χ3n) is 3.75. The smallest absolute Gasteiger partial charge is 0.341 e. The molecule has 1 fully saturated rings. The highest BCUT2D eigenvalue weighted by Gasteiger charge is 2.22. The molecule has 0 aliphatic carbocycles. The number of nitrogens with zero attached hydrogens (tertiary/aromatic N) is 1. The van der Waals surface area contributed by atoms with Crippen LogP contribution in [0, 0.1) is 18.6 Å². The molecule has 1 aromatic rings. The Bertz CT molecular complexity index is 589. The first-order valence-electron chi connectivity index (χ1n) is 7.33. The topological polar surface area (TPSA) is 46.6 Å². The van der Waals surface area contributed by atoms with E-state index in [1.54, 1.807) is 11.8 Å². The number of amides is 1. The van der Waals surface area contributed by atoms with Crippen molar-refractivity contribution >= 4 is 11.9 Å². The molecule has 22 heavy (non-hydrogen) atoms. The van der Waals surface area contributed by atoms with E-state index in [2.05, 4.69) is 0 Å². The Kier molecular flexibility index (Phi) is 5.11. The van der Waals surface area contributed by atoms with Gasteiger partial charge in [0.25, 0.3) is 0 Å². The number of carbonyl (C=O) groups is 2. The SMILES string of the molecule is Cc1cc(F)c(C(=O)O[C@H](C)CCN2CCCC2=O)cc1F. The van der Waals surface area contributed by atoms with Gasteiger partial charge in [-0.05, 0) is 38.0 Å². The zero-order valence-electron chi connectivity index (χ0n) is 12.7. The number of halogens is 2. The number of ether oxygens (including phenoxy) is 1. The Hall–Kier alpha value is -1.98. The third-order valence-corrected chi connectivity index (χ3v) is 3.75. The van der Waals surface area contributed by atoms with E-state index in [9.17, 15) is 18.4 Å². The monoisotopic (exact) mass is 311 g/mol. The van der Waals surface area contributed by atoms with Crippen LogP contribution in [-0.4, -0.2) is 36.0 Å². The molecular formula is C16H19F2NO3. The molecule has 0 spiro atoms. The zero-order chi connectivity index (χ0) is 16.3. The molecule has 2 rings (SSSR count). The van der Waals surface area contributed by atoms with Gasteiger partial charge in [-0.25, -0.2) is 13.6 Å². The lowest BCUT2D eigenvalue weighted by Crippen LogP contribution is -2.29. The normalized spacial score (nSPS) is 16.0. The molecule has 0 aromatic heterocycles. The molecule has 0 N–H and O–H groups in total. The molecule has 1 saturated heterocycles. The molecule has 1 aliphatic rings. The van der Waals surface area contributed by atoms with Gasteiger partial charge in [0, 0.05) is 25.9 Å². The molecule has 1 aliphatic heterocycles. The number of likely N-dealkylation sites (tertiary alicyclic amines) is 1. The highest BCUT2D eigenvalue weighted by Crippen LogP contribution is 2.17. The van der Waals surface area contributed by atoms with E-state index in [4.69, 9.17) is 4.74 Å². The van der Waals surface area contributed by atoms with Crippen molar-refractivity contribution in [3.63, 3.8) is 0 Å². The predicted molar refractivity (Wildman–Crippen MR) is 76.4 cm³/mol. The van der Waals surface area contributed by atoms with Crippen molar-refractivity contribution in [1.82, 2.24) is 4.90 Å². The van der Waals surface area contributed by atoms with Gasteiger partial charge in [0.15, 0.2) is 0 Å². The van der Waals surface area contributed by atoms with Crippen molar-refractivity contribution < 1.29 is 23.1 Å². The van der Waals surface area contributed by atoms with Crippen LogP contribution in [-0.2, 0) is 9.53 Å². The summed E-state index contributed by atoms with van der Waals surface area (Å²) in [6.45, 7) is 4.30. The molecule has 1 amide bonds. The zero-order valence-corrected chi connectivity index (χ0v) is 12.7. The third kappa shape index (κ3) is 3.81. The van der Waals surface area contributed by atoms with E-state index in [1.165, 1.54) is 6.92 Å². The van der Waals surface area contributed by atoms with Crippen LogP contribution < -0.4 is 0 Å². The summed E-state index contributed by atoms with van der Waals surface area (Å²) in [6.07, 6.45) is 1.39. The minimum absolute atomic E-state index is 0.102. The van der Waals surface area contributed by atoms with Crippen LogP contribution in [0.25, 0.3) is 0 Å². The van der Waals surface area contributed by atoms with E-state index in [0.29, 0.717) is 19.4 Å². The van der Waals surface area contributed by atoms with Gasteiger partial charge in [-0.3, -0.25) is 4.79 Å². The molecule has 4 nitrogen and oxygen atoms in total. The number of hydrogen-bond acceptors (Lipinski definition) is 3. The number of benzene rings is 1. The second kappa shape index (κ2) is 6.85. The molecule has 6 heteroatoms. The minimum Gasteiger partial charge on any atom is -0.459 e. The van der Waals surface area contributed by atoms with Crippen molar-refractivity contribution in [3.8, 4) is 0 Å². The molecular weight excluding hydrogens is 292 g/mol. The molecule has 0 unspecified atom stereocenters. The summed E-state index contributed by atoms with van der Waals surface area (Å²) < 4.78 is 32.3. The number of carbonyl (C=O) groups excluding carboxylic acids is 2. The van der Waals surface area contributed by atoms with Crippen LogP contribution in [0.2, 0.25) is 0 Å². The van der Waals surface area contributed by atoms with Crippen LogP contribution >= 0.6 is 0 Å². The largest absolute Gasteiger partial charge is 0.459 e. The van der Waals surface area contributed by atoms with E-state index in [1.807, 2.05) is 0 Å². The van der Waals surface area contributed by atoms with Crippen LogP contribution in [0.15, 0.2) is 12.1 Å². The Morgan fingerprint density at radius 2 is 2.09 bits per heavy atom. The van der Waals surface area contributed by atoms with Gasteiger partial charge >= 0.3 is 5.97 Å². The Morgan fingerprint density at radius 3 is 2.73 bits per heavy atom. The maximum atomic E-state index is 13.7. The molecule has 0 bridgehead atoms. The molecule has 1 heterocycles. The van der Waals surface area contributed by atoms with E-state index < -0.39 is 29.3 Å². The second-order valence-corrected chi connectivity index (χ2v) is 5.57. The fraction of sp³-hybridized carbons (Fsp3) is 0.500. The number of aryl methyl sites for hydroxylation is 1.